The van der Waals surface area contributed by atoms with Gasteiger partial charge >= 0.3 is 5.69 Å². The SMILES string of the molecule is CCc1ccccc1NC(=O)C[NH+]1CCN(C(=O)c2ccc(F)c([N+](=O)[O-])c2)CC1. The zero-order valence-corrected chi connectivity index (χ0v) is 16.7. The lowest BCUT2D eigenvalue weighted by Crippen LogP contribution is -3.15. The zero-order valence-electron chi connectivity index (χ0n) is 16.7. The fourth-order valence-corrected chi connectivity index (χ4v) is 3.54. The third-order valence-corrected chi connectivity index (χ3v) is 5.23. The van der Waals surface area contributed by atoms with E-state index in [1.54, 1.807) is 4.90 Å². The average molecular weight is 415 g/mol. The van der Waals surface area contributed by atoms with Crippen LogP contribution in [0.25, 0.3) is 0 Å². The highest BCUT2D eigenvalue weighted by Crippen LogP contribution is 2.19. The van der Waals surface area contributed by atoms with Gasteiger partial charge in [0.1, 0.15) is 0 Å². The molecule has 0 spiro atoms. The summed E-state index contributed by atoms with van der Waals surface area (Å²) in [5, 5.41) is 13.8. The summed E-state index contributed by atoms with van der Waals surface area (Å²) in [5.41, 5.74) is 1.26. The number of halogens is 1. The van der Waals surface area contributed by atoms with Gasteiger partial charge in [-0.25, -0.2) is 0 Å². The van der Waals surface area contributed by atoms with E-state index < -0.39 is 16.4 Å². The van der Waals surface area contributed by atoms with Gasteiger partial charge in [0, 0.05) is 17.3 Å². The molecule has 1 aliphatic rings. The molecular formula is C21H24FN4O4+. The number of hydrogen-bond acceptors (Lipinski definition) is 4. The minimum absolute atomic E-state index is 0.0835. The van der Waals surface area contributed by atoms with Gasteiger partial charge in [-0.3, -0.25) is 19.7 Å². The number of nitro groups is 1. The fourth-order valence-electron chi connectivity index (χ4n) is 3.54. The van der Waals surface area contributed by atoms with Gasteiger partial charge in [-0.2, -0.15) is 4.39 Å². The van der Waals surface area contributed by atoms with E-state index in [2.05, 4.69) is 5.32 Å². The Labute approximate surface area is 173 Å². The van der Waals surface area contributed by atoms with E-state index in [1.165, 1.54) is 6.07 Å². The summed E-state index contributed by atoms with van der Waals surface area (Å²) in [6.07, 6.45) is 0.825. The standard InChI is InChI=1S/C21H23FN4O4/c1-2-15-5-3-4-6-18(15)23-20(27)14-24-9-11-25(12-10-24)21(28)16-7-8-17(22)19(13-16)26(29)30/h3-8,13H,2,9-12,14H2,1H3,(H,23,27)/p+1. The van der Waals surface area contributed by atoms with Crippen molar-refractivity contribution in [3.8, 4) is 0 Å². The molecular weight excluding hydrogens is 391 g/mol. The number of carbonyl (C=O) groups is 2. The predicted molar refractivity (Wildman–Crippen MR) is 109 cm³/mol. The summed E-state index contributed by atoms with van der Waals surface area (Å²) in [6.45, 7) is 4.32. The molecule has 2 N–H and O–H groups in total. The van der Waals surface area contributed by atoms with Crippen molar-refractivity contribution in [1.82, 2.24) is 4.90 Å². The molecule has 0 atom stereocenters. The first kappa shape index (κ1) is 21.4. The topological polar surface area (TPSA) is 97.0 Å². The molecule has 0 bridgehead atoms. The Bertz CT molecular complexity index is 958. The summed E-state index contributed by atoms with van der Waals surface area (Å²) in [4.78, 5) is 37.7. The predicted octanol–water partition coefficient (Wildman–Crippen LogP) is 1.28. The Morgan fingerprint density at radius 2 is 1.90 bits per heavy atom. The van der Waals surface area contributed by atoms with Crippen LogP contribution in [0.4, 0.5) is 15.8 Å². The molecule has 0 saturated carbocycles. The van der Waals surface area contributed by atoms with Crippen molar-refractivity contribution in [2.45, 2.75) is 13.3 Å². The van der Waals surface area contributed by atoms with Gasteiger partial charge < -0.3 is 15.1 Å². The summed E-state index contributed by atoms with van der Waals surface area (Å²) < 4.78 is 13.5. The molecule has 0 unspecified atom stereocenters. The lowest BCUT2D eigenvalue weighted by molar-refractivity contribution is -0.895. The Hall–Kier alpha value is -3.33. The molecule has 30 heavy (non-hydrogen) atoms. The molecule has 2 aromatic carbocycles. The number of carbonyl (C=O) groups excluding carboxylic acids is 2. The number of para-hydroxylation sites is 1. The molecule has 2 amide bonds. The molecule has 1 fully saturated rings. The maximum absolute atomic E-state index is 13.5. The van der Waals surface area contributed by atoms with Crippen LogP contribution in [0.5, 0.6) is 0 Å². The quantitative estimate of drug-likeness (QED) is 0.549. The van der Waals surface area contributed by atoms with Gasteiger partial charge in [0.25, 0.3) is 11.8 Å². The van der Waals surface area contributed by atoms with Crippen molar-refractivity contribution in [3.05, 3.63) is 69.5 Å². The third-order valence-electron chi connectivity index (χ3n) is 5.23. The average Bonchev–Trinajstić information content (AvgIpc) is 2.74. The zero-order chi connectivity index (χ0) is 21.7. The van der Waals surface area contributed by atoms with Gasteiger partial charge in [0.15, 0.2) is 6.54 Å². The number of amides is 2. The minimum atomic E-state index is -0.971. The number of quaternary nitrogens is 1. The molecule has 9 heteroatoms. The molecule has 0 radical (unpaired) electrons. The monoisotopic (exact) mass is 415 g/mol. The second-order valence-electron chi connectivity index (χ2n) is 7.20. The molecule has 0 aliphatic carbocycles. The number of nitrogens with one attached hydrogen (secondary N) is 2. The minimum Gasteiger partial charge on any atom is -0.327 e. The van der Waals surface area contributed by atoms with Crippen molar-refractivity contribution in [2.24, 2.45) is 0 Å². The van der Waals surface area contributed by atoms with Gasteiger partial charge in [0.2, 0.25) is 5.82 Å². The molecule has 1 aliphatic heterocycles. The lowest BCUT2D eigenvalue weighted by atomic mass is 10.1. The van der Waals surface area contributed by atoms with Crippen molar-refractivity contribution in [3.63, 3.8) is 0 Å². The Morgan fingerprint density at radius 3 is 2.57 bits per heavy atom. The summed E-state index contributed by atoms with van der Waals surface area (Å²) in [5.74, 6) is -1.43. The number of hydrogen-bond donors (Lipinski definition) is 2. The first-order valence-corrected chi connectivity index (χ1v) is 9.83. The molecule has 1 heterocycles. The largest absolute Gasteiger partial charge is 0.327 e. The maximum Gasteiger partial charge on any atom is 0.305 e. The number of rotatable bonds is 6. The van der Waals surface area contributed by atoms with Crippen molar-refractivity contribution >= 4 is 23.2 Å². The van der Waals surface area contributed by atoms with Crippen LogP contribution in [0.15, 0.2) is 42.5 Å². The van der Waals surface area contributed by atoms with E-state index in [9.17, 15) is 24.1 Å². The summed E-state index contributed by atoms with van der Waals surface area (Å²) in [6, 6.07) is 10.8. The van der Waals surface area contributed by atoms with Crippen LogP contribution in [-0.2, 0) is 11.2 Å². The molecule has 158 valence electrons. The normalized spacial score (nSPS) is 14.4. The van der Waals surface area contributed by atoms with Crippen molar-refractivity contribution in [2.75, 3.05) is 38.0 Å². The van der Waals surface area contributed by atoms with Gasteiger partial charge in [-0.05, 0) is 30.2 Å². The molecule has 0 aromatic heterocycles. The number of piperazine rings is 1. The second-order valence-corrected chi connectivity index (χ2v) is 7.20. The summed E-state index contributed by atoms with van der Waals surface area (Å²) in [7, 11) is 0. The van der Waals surface area contributed by atoms with Gasteiger partial charge in [-0.1, -0.05) is 25.1 Å². The number of aryl methyl sites for hydroxylation is 1. The lowest BCUT2D eigenvalue weighted by Gasteiger charge is -2.32. The first-order valence-electron chi connectivity index (χ1n) is 9.83. The van der Waals surface area contributed by atoms with Crippen LogP contribution in [0.2, 0.25) is 0 Å². The number of anilines is 1. The second kappa shape index (κ2) is 9.45. The molecule has 2 aromatic rings. The Morgan fingerprint density at radius 1 is 1.20 bits per heavy atom. The molecule has 3 rings (SSSR count). The van der Waals surface area contributed by atoms with E-state index >= 15 is 0 Å². The van der Waals surface area contributed by atoms with E-state index in [-0.39, 0.29) is 17.4 Å². The van der Waals surface area contributed by atoms with Crippen LogP contribution < -0.4 is 10.2 Å². The van der Waals surface area contributed by atoms with E-state index in [4.69, 9.17) is 0 Å². The van der Waals surface area contributed by atoms with Crippen LogP contribution >= 0.6 is 0 Å². The number of nitro benzene ring substituents is 1. The van der Waals surface area contributed by atoms with Crippen LogP contribution in [0.3, 0.4) is 0 Å². The molecule has 1 saturated heterocycles. The number of benzene rings is 2. The van der Waals surface area contributed by atoms with Crippen molar-refractivity contribution in [1.29, 1.82) is 0 Å². The third kappa shape index (κ3) is 4.98. The van der Waals surface area contributed by atoms with Gasteiger partial charge in [-0.15, -0.1) is 0 Å². The van der Waals surface area contributed by atoms with Crippen LogP contribution in [-0.4, -0.2) is 54.4 Å². The van der Waals surface area contributed by atoms with Crippen molar-refractivity contribution < 1.29 is 23.8 Å². The first-order chi connectivity index (χ1) is 14.4. The van der Waals surface area contributed by atoms with Crippen LogP contribution in [0.1, 0.15) is 22.8 Å². The summed E-state index contributed by atoms with van der Waals surface area (Å²) >= 11 is 0. The van der Waals surface area contributed by atoms with Gasteiger partial charge in [0.05, 0.1) is 31.1 Å². The smallest absolute Gasteiger partial charge is 0.305 e. The van der Waals surface area contributed by atoms with E-state index in [0.717, 1.165) is 34.7 Å². The maximum atomic E-state index is 13.5. The van der Waals surface area contributed by atoms with E-state index in [0.29, 0.717) is 32.7 Å². The van der Waals surface area contributed by atoms with E-state index in [1.807, 2.05) is 31.2 Å². The highest BCUT2D eigenvalue weighted by molar-refractivity contribution is 5.95. The highest BCUT2D eigenvalue weighted by atomic mass is 19.1. The fraction of sp³-hybridized carbons (Fsp3) is 0.333. The van der Waals surface area contributed by atoms with Crippen LogP contribution in [0, 0.1) is 15.9 Å². The number of nitrogens with zero attached hydrogens (tertiary/aromatic N) is 2. The Kier molecular flexibility index (Phi) is 6.73. The molecule has 8 nitrogen and oxygen atoms in total. The highest BCUT2D eigenvalue weighted by Gasteiger charge is 2.27. The Balaban J connectivity index is 1.54.